The number of nitrogens with two attached hydrogens (primary N) is 1. The molecule has 1 aromatic carbocycles. The molecule has 66 valence electrons. The van der Waals surface area contributed by atoms with Gasteiger partial charge in [0.25, 0.3) is 0 Å². The Hall–Kier alpha value is -0.860. The van der Waals surface area contributed by atoms with Gasteiger partial charge in [-0.05, 0) is 30.5 Å². The van der Waals surface area contributed by atoms with E-state index in [1.54, 1.807) is 0 Å². The lowest BCUT2D eigenvalue weighted by atomic mass is 10.0. The Morgan fingerprint density at radius 1 is 1.33 bits per heavy atom. The number of rotatable bonds is 2. The van der Waals surface area contributed by atoms with Crippen molar-refractivity contribution in [1.82, 2.24) is 0 Å². The monoisotopic (exact) mass is 165 g/mol. The third kappa shape index (κ3) is 1.84. The van der Waals surface area contributed by atoms with Crippen LogP contribution in [-0.2, 0) is 0 Å². The first-order valence-electron chi connectivity index (χ1n) is 4.10. The normalized spacial score (nSPS) is 13.0. The van der Waals surface area contributed by atoms with Crippen LogP contribution >= 0.6 is 0 Å². The summed E-state index contributed by atoms with van der Waals surface area (Å²) in [5.41, 5.74) is 8.68. The second-order valence-corrected chi connectivity index (χ2v) is 3.10. The average Bonchev–Trinajstić information content (AvgIpc) is 2.08. The number of aliphatic hydroxyl groups excluding tert-OH is 1. The maximum Gasteiger partial charge on any atom is 0.0912 e. The lowest BCUT2D eigenvalue weighted by molar-refractivity contribution is 0.186. The fourth-order valence-corrected chi connectivity index (χ4v) is 1.11. The molecule has 0 aliphatic carbocycles. The fourth-order valence-electron chi connectivity index (χ4n) is 1.11. The molecule has 0 heterocycles. The van der Waals surface area contributed by atoms with Gasteiger partial charge in [-0.2, -0.15) is 0 Å². The van der Waals surface area contributed by atoms with Crippen LogP contribution in [0.2, 0.25) is 0 Å². The zero-order valence-electron chi connectivity index (χ0n) is 7.54. The standard InChI is InChI=1S/C10H15NO/c1-7-3-4-9(5-8(7)2)10(12)6-11/h3-5,10,12H,6,11H2,1-2H3/t10-/m1/s1. The van der Waals surface area contributed by atoms with Gasteiger partial charge in [-0.25, -0.2) is 0 Å². The van der Waals surface area contributed by atoms with E-state index < -0.39 is 6.10 Å². The topological polar surface area (TPSA) is 46.2 Å². The van der Waals surface area contributed by atoms with Crippen molar-refractivity contribution in [1.29, 1.82) is 0 Å². The highest BCUT2D eigenvalue weighted by Gasteiger charge is 2.04. The van der Waals surface area contributed by atoms with Crippen molar-refractivity contribution < 1.29 is 5.11 Å². The highest BCUT2D eigenvalue weighted by atomic mass is 16.3. The van der Waals surface area contributed by atoms with E-state index >= 15 is 0 Å². The molecule has 12 heavy (non-hydrogen) atoms. The minimum absolute atomic E-state index is 0.280. The third-order valence-electron chi connectivity index (χ3n) is 2.14. The van der Waals surface area contributed by atoms with Crippen LogP contribution in [0.1, 0.15) is 22.8 Å². The lowest BCUT2D eigenvalue weighted by Gasteiger charge is -2.09. The van der Waals surface area contributed by atoms with Gasteiger partial charge in [-0.15, -0.1) is 0 Å². The van der Waals surface area contributed by atoms with Crippen molar-refractivity contribution in [2.24, 2.45) is 5.73 Å². The second-order valence-electron chi connectivity index (χ2n) is 3.10. The van der Waals surface area contributed by atoms with E-state index in [4.69, 9.17) is 5.73 Å². The summed E-state index contributed by atoms with van der Waals surface area (Å²) >= 11 is 0. The van der Waals surface area contributed by atoms with Crippen LogP contribution in [0, 0.1) is 13.8 Å². The Labute approximate surface area is 73.0 Å². The first-order chi connectivity index (χ1) is 5.65. The van der Waals surface area contributed by atoms with E-state index in [-0.39, 0.29) is 6.54 Å². The van der Waals surface area contributed by atoms with Gasteiger partial charge >= 0.3 is 0 Å². The summed E-state index contributed by atoms with van der Waals surface area (Å²) < 4.78 is 0. The first kappa shape index (κ1) is 9.23. The van der Waals surface area contributed by atoms with Crippen molar-refractivity contribution >= 4 is 0 Å². The van der Waals surface area contributed by atoms with Gasteiger partial charge in [0, 0.05) is 6.54 Å². The summed E-state index contributed by atoms with van der Waals surface area (Å²) in [7, 11) is 0. The van der Waals surface area contributed by atoms with Crippen LogP contribution in [0.25, 0.3) is 0 Å². The molecule has 0 aromatic heterocycles. The molecular weight excluding hydrogens is 150 g/mol. The predicted octanol–water partition coefficient (Wildman–Crippen LogP) is 1.30. The summed E-state index contributed by atoms with van der Waals surface area (Å²) in [5, 5.41) is 9.42. The van der Waals surface area contributed by atoms with Crippen LogP contribution in [0.15, 0.2) is 18.2 Å². The van der Waals surface area contributed by atoms with Crippen LogP contribution < -0.4 is 5.73 Å². The molecule has 0 fully saturated rings. The Morgan fingerprint density at radius 2 is 2.00 bits per heavy atom. The maximum atomic E-state index is 9.42. The van der Waals surface area contributed by atoms with Gasteiger partial charge in [0.15, 0.2) is 0 Å². The van der Waals surface area contributed by atoms with Gasteiger partial charge in [-0.3, -0.25) is 0 Å². The van der Waals surface area contributed by atoms with Crippen molar-refractivity contribution in [2.75, 3.05) is 6.54 Å². The molecule has 2 heteroatoms. The number of aryl methyl sites for hydroxylation is 2. The molecule has 1 rings (SSSR count). The zero-order chi connectivity index (χ0) is 9.14. The molecule has 0 aliphatic heterocycles. The van der Waals surface area contributed by atoms with E-state index in [9.17, 15) is 5.11 Å². The Morgan fingerprint density at radius 3 is 2.50 bits per heavy atom. The molecule has 0 bridgehead atoms. The van der Waals surface area contributed by atoms with Gasteiger partial charge in [0.2, 0.25) is 0 Å². The quantitative estimate of drug-likeness (QED) is 0.693. The third-order valence-corrected chi connectivity index (χ3v) is 2.14. The average molecular weight is 165 g/mol. The molecule has 1 atom stereocenters. The van der Waals surface area contributed by atoms with Crippen LogP contribution in [-0.4, -0.2) is 11.7 Å². The minimum atomic E-state index is -0.524. The molecule has 0 saturated carbocycles. The second kappa shape index (κ2) is 3.70. The summed E-state index contributed by atoms with van der Waals surface area (Å²) in [6, 6.07) is 5.90. The highest BCUT2D eigenvalue weighted by molar-refractivity contribution is 5.31. The van der Waals surface area contributed by atoms with Crippen LogP contribution in [0.5, 0.6) is 0 Å². The molecule has 0 unspecified atom stereocenters. The van der Waals surface area contributed by atoms with Crippen molar-refractivity contribution in [3.63, 3.8) is 0 Å². The largest absolute Gasteiger partial charge is 0.387 e. The smallest absolute Gasteiger partial charge is 0.0912 e. The van der Waals surface area contributed by atoms with Gasteiger partial charge in [-0.1, -0.05) is 18.2 Å². The van der Waals surface area contributed by atoms with Gasteiger partial charge in [0.05, 0.1) is 6.10 Å². The van der Waals surface area contributed by atoms with E-state index in [1.807, 2.05) is 32.0 Å². The van der Waals surface area contributed by atoms with E-state index in [1.165, 1.54) is 11.1 Å². The molecule has 3 N–H and O–H groups in total. The van der Waals surface area contributed by atoms with Crippen molar-refractivity contribution in [3.8, 4) is 0 Å². The minimum Gasteiger partial charge on any atom is -0.387 e. The molecular formula is C10H15NO. The van der Waals surface area contributed by atoms with Gasteiger partial charge < -0.3 is 10.8 Å². The van der Waals surface area contributed by atoms with E-state index in [2.05, 4.69) is 0 Å². The molecule has 0 spiro atoms. The molecule has 0 radical (unpaired) electrons. The zero-order valence-corrected chi connectivity index (χ0v) is 7.54. The Balaban J connectivity index is 2.96. The highest BCUT2D eigenvalue weighted by Crippen LogP contribution is 2.15. The van der Waals surface area contributed by atoms with Crippen LogP contribution in [0.3, 0.4) is 0 Å². The SMILES string of the molecule is Cc1ccc([C@H](O)CN)cc1C. The fraction of sp³-hybridized carbons (Fsp3) is 0.400. The Bertz CT molecular complexity index is 271. The molecule has 1 aromatic rings. The maximum absolute atomic E-state index is 9.42. The summed E-state index contributed by atoms with van der Waals surface area (Å²) in [6.07, 6.45) is -0.524. The summed E-state index contributed by atoms with van der Waals surface area (Å²) in [4.78, 5) is 0. The van der Waals surface area contributed by atoms with Crippen LogP contribution in [0.4, 0.5) is 0 Å². The van der Waals surface area contributed by atoms with E-state index in [0.29, 0.717) is 0 Å². The number of benzene rings is 1. The first-order valence-corrected chi connectivity index (χ1v) is 4.10. The molecule has 0 amide bonds. The number of hydrogen-bond donors (Lipinski definition) is 2. The number of aliphatic hydroxyl groups is 1. The number of hydrogen-bond acceptors (Lipinski definition) is 2. The van der Waals surface area contributed by atoms with Gasteiger partial charge in [0.1, 0.15) is 0 Å². The predicted molar refractivity (Wildman–Crippen MR) is 49.9 cm³/mol. The summed E-state index contributed by atoms with van der Waals surface area (Å²) in [5.74, 6) is 0. The van der Waals surface area contributed by atoms with E-state index in [0.717, 1.165) is 5.56 Å². The lowest BCUT2D eigenvalue weighted by Crippen LogP contribution is -2.11. The Kier molecular flexibility index (Phi) is 2.84. The summed E-state index contributed by atoms with van der Waals surface area (Å²) in [6.45, 7) is 4.36. The molecule has 2 nitrogen and oxygen atoms in total. The molecule has 0 saturated heterocycles. The van der Waals surface area contributed by atoms with Crippen molar-refractivity contribution in [2.45, 2.75) is 20.0 Å². The van der Waals surface area contributed by atoms with Crippen molar-refractivity contribution in [3.05, 3.63) is 34.9 Å². The molecule has 0 aliphatic rings.